The molecule has 3 nitrogen and oxygen atoms in total. The average molecular weight is 323 g/mol. The van der Waals surface area contributed by atoms with Gasteiger partial charge in [0.15, 0.2) is 0 Å². The molecule has 1 unspecified atom stereocenters. The van der Waals surface area contributed by atoms with Gasteiger partial charge in [0.1, 0.15) is 0 Å². The molecule has 4 heteroatoms. The normalized spacial score (nSPS) is 12.7. The van der Waals surface area contributed by atoms with Crippen molar-refractivity contribution < 1.29 is 5.11 Å². The SMILES string of the molecule is Cc1ccc(C(O)Cc2c(Br)c(C)nn2C)c(C)c1. The van der Waals surface area contributed by atoms with Crippen LogP contribution in [-0.2, 0) is 13.5 Å². The zero-order chi connectivity index (χ0) is 14.2. The van der Waals surface area contributed by atoms with E-state index in [2.05, 4.69) is 34.0 Å². The number of aromatic nitrogens is 2. The minimum absolute atomic E-state index is 0.508. The van der Waals surface area contributed by atoms with E-state index >= 15 is 0 Å². The van der Waals surface area contributed by atoms with Crippen molar-refractivity contribution in [2.75, 3.05) is 0 Å². The van der Waals surface area contributed by atoms with Crippen LogP contribution in [0.1, 0.15) is 34.2 Å². The van der Waals surface area contributed by atoms with Crippen molar-refractivity contribution in [1.82, 2.24) is 9.78 Å². The number of hydrogen-bond acceptors (Lipinski definition) is 2. The molecule has 1 atom stereocenters. The first-order valence-electron chi connectivity index (χ1n) is 6.33. The minimum Gasteiger partial charge on any atom is -0.388 e. The standard InChI is InChI=1S/C15H19BrN2O/c1-9-5-6-12(10(2)7-9)14(19)8-13-15(16)11(3)17-18(13)4/h5-7,14,19H,8H2,1-4H3. The lowest BCUT2D eigenvalue weighted by molar-refractivity contribution is 0.175. The molecule has 1 heterocycles. The van der Waals surface area contributed by atoms with E-state index in [-0.39, 0.29) is 0 Å². The Hall–Kier alpha value is -1.13. The summed E-state index contributed by atoms with van der Waals surface area (Å²) >= 11 is 3.54. The van der Waals surface area contributed by atoms with Crippen LogP contribution in [0.3, 0.4) is 0 Å². The van der Waals surface area contributed by atoms with Crippen molar-refractivity contribution in [3.63, 3.8) is 0 Å². The van der Waals surface area contributed by atoms with Crippen LogP contribution in [0.2, 0.25) is 0 Å². The van der Waals surface area contributed by atoms with E-state index < -0.39 is 6.10 Å². The zero-order valence-electron chi connectivity index (χ0n) is 11.7. The lowest BCUT2D eigenvalue weighted by Crippen LogP contribution is -2.08. The van der Waals surface area contributed by atoms with Crippen molar-refractivity contribution in [1.29, 1.82) is 0 Å². The first-order valence-corrected chi connectivity index (χ1v) is 7.12. The highest BCUT2D eigenvalue weighted by atomic mass is 79.9. The van der Waals surface area contributed by atoms with Gasteiger partial charge in [-0.15, -0.1) is 0 Å². The summed E-state index contributed by atoms with van der Waals surface area (Å²) in [5.41, 5.74) is 5.29. The maximum atomic E-state index is 10.4. The van der Waals surface area contributed by atoms with Gasteiger partial charge in [-0.05, 0) is 47.8 Å². The van der Waals surface area contributed by atoms with Gasteiger partial charge in [-0.1, -0.05) is 23.8 Å². The molecule has 0 aliphatic rings. The number of benzene rings is 1. The van der Waals surface area contributed by atoms with Gasteiger partial charge in [0, 0.05) is 13.5 Å². The van der Waals surface area contributed by atoms with Crippen molar-refractivity contribution in [3.8, 4) is 0 Å². The summed E-state index contributed by atoms with van der Waals surface area (Å²) in [6.45, 7) is 6.05. The molecule has 0 spiro atoms. The van der Waals surface area contributed by atoms with Crippen molar-refractivity contribution in [3.05, 3.63) is 50.8 Å². The molecule has 2 aromatic rings. The van der Waals surface area contributed by atoms with Crippen LogP contribution in [0, 0.1) is 20.8 Å². The van der Waals surface area contributed by atoms with Crippen LogP contribution in [-0.4, -0.2) is 14.9 Å². The van der Waals surface area contributed by atoms with E-state index in [4.69, 9.17) is 0 Å². The molecule has 0 amide bonds. The predicted octanol–water partition coefficient (Wildman–Crippen LogP) is 3.38. The van der Waals surface area contributed by atoms with Crippen LogP contribution in [0.15, 0.2) is 22.7 Å². The molecular weight excluding hydrogens is 304 g/mol. The average Bonchev–Trinajstić information content (AvgIpc) is 2.56. The summed E-state index contributed by atoms with van der Waals surface area (Å²) in [5.74, 6) is 0. The molecule has 2 rings (SSSR count). The maximum absolute atomic E-state index is 10.4. The molecule has 1 aromatic heterocycles. The van der Waals surface area contributed by atoms with E-state index in [0.29, 0.717) is 6.42 Å². The third-order valence-electron chi connectivity index (χ3n) is 3.43. The Bertz CT molecular complexity index is 604. The highest BCUT2D eigenvalue weighted by molar-refractivity contribution is 9.10. The van der Waals surface area contributed by atoms with Gasteiger partial charge < -0.3 is 5.11 Å². The Morgan fingerprint density at radius 1 is 1.32 bits per heavy atom. The first kappa shape index (κ1) is 14.3. The summed E-state index contributed by atoms with van der Waals surface area (Å²) in [4.78, 5) is 0. The Balaban J connectivity index is 2.28. The fraction of sp³-hybridized carbons (Fsp3) is 0.400. The predicted molar refractivity (Wildman–Crippen MR) is 80.2 cm³/mol. The van der Waals surface area contributed by atoms with Crippen LogP contribution in [0.25, 0.3) is 0 Å². The highest BCUT2D eigenvalue weighted by Crippen LogP contribution is 2.27. The summed E-state index contributed by atoms with van der Waals surface area (Å²) in [5, 5.41) is 14.8. The largest absolute Gasteiger partial charge is 0.388 e. The molecule has 0 bridgehead atoms. The van der Waals surface area contributed by atoms with Gasteiger partial charge in [-0.2, -0.15) is 5.10 Å². The first-order chi connectivity index (χ1) is 8.90. The second-order valence-electron chi connectivity index (χ2n) is 5.05. The van der Waals surface area contributed by atoms with Gasteiger partial charge in [-0.3, -0.25) is 4.68 Å². The fourth-order valence-electron chi connectivity index (χ4n) is 2.39. The molecule has 0 fully saturated rings. The fourth-order valence-corrected chi connectivity index (χ4v) is 2.89. The van der Waals surface area contributed by atoms with Crippen molar-refractivity contribution in [2.45, 2.75) is 33.3 Å². The molecule has 0 aliphatic carbocycles. The topological polar surface area (TPSA) is 38.1 Å². The van der Waals surface area contributed by atoms with E-state index in [1.54, 1.807) is 0 Å². The van der Waals surface area contributed by atoms with E-state index in [9.17, 15) is 5.11 Å². The number of hydrogen-bond donors (Lipinski definition) is 1. The number of rotatable bonds is 3. The van der Waals surface area contributed by atoms with Crippen molar-refractivity contribution in [2.24, 2.45) is 7.05 Å². The van der Waals surface area contributed by atoms with Gasteiger partial charge in [0.2, 0.25) is 0 Å². The lowest BCUT2D eigenvalue weighted by Gasteiger charge is -2.15. The third-order valence-corrected chi connectivity index (χ3v) is 4.46. The summed E-state index contributed by atoms with van der Waals surface area (Å²) in [6.07, 6.45) is 0.0497. The molecule has 0 aliphatic heterocycles. The van der Waals surface area contributed by atoms with Gasteiger partial charge in [0.25, 0.3) is 0 Å². The molecule has 102 valence electrons. The van der Waals surface area contributed by atoms with Gasteiger partial charge in [-0.25, -0.2) is 0 Å². The third kappa shape index (κ3) is 2.90. The molecule has 0 radical (unpaired) electrons. The number of aliphatic hydroxyl groups excluding tert-OH is 1. The summed E-state index contributed by atoms with van der Waals surface area (Å²) in [6, 6.07) is 6.14. The van der Waals surface area contributed by atoms with Crippen LogP contribution in [0.5, 0.6) is 0 Å². The van der Waals surface area contributed by atoms with E-state index in [1.165, 1.54) is 5.56 Å². The van der Waals surface area contributed by atoms with Crippen LogP contribution < -0.4 is 0 Å². The Morgan fingerprint density at radius 2 is 2.00 bits per heavy atom. The maximum Gasteiger partial charge on any atom is 0.0848 e. The zero-order valence-corrected chi connectivity index (χ0v) is 13.3. The monoisotopic (exact) mass is 322 g/mol. The Labute approximate surface area is 122 Å². The van der Waals surface area contributed by atoms with Gasteiger partial charge in [0.05, 0.1) is 22.0 Å². The molecule has 1 aromatic carbocycles. The highest BCUT2D eigenvalue weighted by Gasteiger charge is 2.17. The second-order valence-corrected chi connectivity index (χ2v) is 5.84. The molecular formula is C15H19BrN2O. The Morgan fingerprint density at radius 3 is 2.53 bits per heavy atom. The Kier molecular flexibility index (Phi) is 4.11. The molecule has 0 saturated carbocycles. The number of halogens is 1. The summed E-state index contributed by atoms with van der Waals surface area (Å²) < 4.78 is 2.81. The van der Waals surface area contributed by atoms with E-state index in [0.717, 1.165) is 27.0 Å². The van der Waals surface area contributed by atoms with Crippen LogP contribution >= 0.6 is 15.9 Å². The second kappa shape index (κ2) is 5.47. The number of nitrogens with zero attached hydrogens (tertiary/aromatic N) is 2. The molecule has 19 heavy (non-hydrogen) atoms. The smallest absolute Gasteiger partial charge is 0.0848 e. The van der Waals surface area contributed by atoms with Gasteiger partial charge >= 0.3 is 0 Å². The number of aliphatic hydroxyl groups is 1. The minimum atomic E-state index is -0.508. The number of aryl methyl sites for hydroxylation is 4. The summed E-state index contributed by atoms with van der Waals surface area (Å²) in [7, 11) is 1.90. The lowest BCUT2D eigenvalue weighted by atomic mass is 9.98. The van der Waals surface area contributed by atoms with Crippen LogP contribution in [0.4, 0.5) is 0 Å². The van der Waals surface area contributed by atoms with E-state index in [1.807, 2.05) is 37.7 Å². The van der Waals surface area contributed by atoms with Crippen molar-refractivity contribution >= 4 is 15.9 Å². The molecule has 1 N–H and O–H groups in total. The quantitative estimate of drug-likeness (QED) is 0.940. The molecule has 0 saturated heterocycles.